The van der Waals surface area contributed by atoms with Crippen LogP contribution in [0.3, 0.4) is 0 Å². The van der Waals surface area contributed by atoms with E-state index in [4.69, 9.17) is 10.9 Å². The van der Waals surface area contributed by atoms with E-state index in [9.17, 15) is 4.79 Å². The van der Waals surface area contributed by atoms with Crippen LogP contribution >= 0.6 is 27.3 Å². The van der Waals surface area contributed by atoms with Gasteiger partial charge in [0.05, 0.1) is 15.4 Å². The largest absolute Gasteiger partial charge is 0.409 e. The summed E-state index contributed by atoms with van der Waals surface area (Å²) in [5, 5.41) is 13.6. The van der Waals surface area contributed by atoms with Gasteiger partial charge in [-0.25, -0.2) is 0 Å². The monoisotopic (exact) mass is 331 g/mol. The lowest BCUT2D eigenvalue weighted by molar-refractivity contribution is 0.0677. The van der Waals surface area contributed by atoms with Crippen molar-refractivity contribution in [1.82, 2.24) is 4.90 Å². The molecule has 3 N–H and O–H groups in total. The predicted molar refractivity (Wildman–Crippen MR) is 74.1 cm³/mol. The standard InChI is InChI=1S/C11H14BrN3O2S/c12-9-5-7(6-18-9)11(16)15-4-2-1-3-8(15)10(13)14-17/h5-6,8,17H,1-4H2,(H2,13,14). The van der Waals surface area contributed by atoms with Gasteiger partial charge in [0.1, 0.15) is 0 Å². The number of halogens is 1. The molecule has 1 aliphatic rings. The third kappa shape index (κ3) is 2.67. The van der Waals surface area contributed by atoms with E-state index in [0.29, 0.717) is 12.1 Å². The van der Waals surface area contributed by atoms with Crippen LogP contribution < -0.4 is 5.73 Å². The summed E-state index contributed by atoms with van der Waals surface area (Å²) in [4.78, 5) is 14.1. The van der Waals surface area contributed by atoms with Gasteiger partial charge in [0.25, 0.3) is 5.91 Å². The molecule has 0 spiro atoms. The highest BCUT2D eigenvalue weighted by Crippen LogP contribution is 2.25. The SMILES string of the molecule is NC(=NO)C1CCCCN1C(=O)c1csc(Br)c1. The first kappa shape index (κ1) is 13.4. The first-order chi connectivity index (χ1) is 8.63. The minimum atomic E-state index is -0.296. The molecule has 1 saturated heterocycles. The Labute approximate surface area is 117 Å². The summed E-state index contributed by atoms with van der Waals surface area (Å²) in [6.07, 6.45) is 2.68. The average molecular weight is 332 g/mol. The number of hydrogen-bond acceptors (Lipinski definition) is 4. The number of amidine groups is 1. The number of oxime groups is 1. The maximum atomic E-state index is 12.4. The van der Waals surface area contributed by atoms with Crippen LogP contribution in [-0.2, 0) is 0 Å². The highest BCUT2D eigenvalue weighted by molar-refractivity contribution is 9.11. The van der Waals surface area contributed by atoms with Gasteiger partial charge < -0.3 is 15.8 Å². The average Bonchev–Trinajstić information content (AvgIpc) is 2.83. The highest BCUT2D eigenvalue weighted by atomic mass is 79.9. The molecule has 1 aromatic rings. The highest BCUT2D eigenvalue weighted by Gasteiger charge is 2.30. The van der Waals surface area contributed by atoms with Crippen LogP contribution in [0.2, 0.25) is 0 Å². The second-order valence-corrected chi connectivity index (χ2v) is 6.46. The van der Waals surface area contributed by atoms with Crippen LogP contribution in [0.15, 0.2) is 20.4 Å². The molecule has 0 radical (unpaired) electrons. The summed E-state index contributed by atoms with van der Waals surface area (Å²) >= 11 is 4.81. The predicted octanol–water partition coefficient (Wildman–Crippen LogP) is 2.25. The summed E-state index contributed by atoms with van der Waals surface area (Å²) < 4.78 is 0.920. The van der Waals surface area contributed by atoms with E-state index in [1.54, 1.807) is 11.0 Å². The molecule has 0 bridgehead atoms. The number of likely N-dealkylation sites (tertiary alicyclic amines) is 1. The molecule has 1 fully saturated rings. The molecule has 0 aliphatic carbocycles. The second-order valence-electron chi connectivity index (χ2n) is 4.17. The molecule has 2 rings (SSSR count). The zero-order valence-corrected chi connectivity index (χ0v) is 12.1. The van der Waals surface area contributed by atoms with E-state index in [0.717, 1.165) is 23.0 Å². The van der Waals surface area contributed by atoms with Crippen LogP contribution in [0.25, 0.3) is 0 Å². The number of thiophene rings is 1. The topological polar surface area (TPSA) is 78.9 Å². The number of nitrogens with zero attached hydrogens (tertiary/aromatic N) is 2. The van der Waals surface area contributed by atoms with Gasteiger partial charge in [0.15, 0.2) is 5.84 Å². The number of piperidine rings is 1. The van der Waals surface area contributed by atoms with Gasteiger partial charge in [-0.2, -0.15) is 0 Å². The molecule has 1 unspecified atom stereocenters. The van der Waals surface area contributed by atoms with Crippen molar-refractivity contribution in [2.45, 2.75) is 25.3 Å². The quantitative estimate of drug-likeness (QED) is 0.377. The molecule has 1 atom stereocenters. The molecule has 0 aromatic carbocycles. The molecule has 98 valence electrons. The fourth-order valence-corrected chi connectivity index (χ4v) is 3.27. The Morgan fingerprint density at radius 1 is 1.61 bits per heavy atom. The zero-order chi connectivity index (χ0) is 13.1. The van der Waals surface area contributed by atoms with Gasteiger partial charge in [-0.3, -0.25) is 4.79 Å². The Bertz CT molecular complexity index is 475. The van der Waals surface area contributed by atoms with Crippen molar-refractivity contribution in [3.63, 3.8) is 0 Å². The van der Waals surface area contributed by atoms with Gasteiger partial charge in [0.2, 0.25) is 0 Å². The minimum Gasteiger partial charge on any atom is -0.409 e. The lowest BCUT2D eigenvalue weighted by Gasteiger charge is -2.34. The Hall–Kier alpha value is -1.08. The molecular weight excluding hydrogens is 318 g/mol. The van der Waals surface area contributed by atoms with E-state index in [-0.39, 0.29) is 17.8 Å². The molecule has 5 nitrogen and oxygen atoms in total. The first-order valence-corrected chi connectivity index (χ1v) is 7.33. The summed E-state index contributed by atoms with van der Waals surface area (Å²) in [5.41, 5.74) is 6.30. The van der Waals surface area contributed by atoms with Crippen LogP contribution in [0.4, 0.5) is 0 Å². The Balaban J connectivity index is 2.21. The van der Waals surface area contributed by atoms with Crippen molar-refractivity contribution >= 4 is 39.0 Å². The van der Waals surface area contributed by atoms with Crippen molar-refractivity contribution < 1.29 is 10.0 Å². The van der Waals surface area contributed by atoms with Crippen LogP contribution in [-0.4, -0.2) is 34.4 Å². The third-order valence-electron chi connectivity index (χ3n) is 3.03. The lowest BCUT2D eigenvalue weighted by atomic mass is 10.0. The molecule has 1 amide bonds. The molecular formula is C11H14BrN3O2S. The second kappa shape index (κ2) is 5.71. The van der Waals surface area contributed by atoms with E-state index in [2.05, 4.69) is 21.1 Å². The van der Waals surface area contributed by atoms with E-state index >= 15 is 0 Å². The van der Waals surface area contributed by atoms with Crippen LogP contribution in [0, 0.1) is 0 Å². The fourth-order valence-electron chi connectivity index (χ4n) is 2.14. The van der Waals surface area contributed by atoms with Crippen molar-refractivity contribution in [1.29, 1.82) is 0 Å². The molecule has 1 aromatic heterocycles. The number of nitrogens with two attached hydrogens (primary N) is 1. The van der Waals surface area contributed by atoms with Crippen molar-refractivity contribution in [3.8, 4) is 0 Å². The first-order valence-electron chi connectivity index (χ1n) is 5.66. The number of rotatable bonds is 2. The molecule has 7 heteroatoms. The van der Waals surface area contributed by atoms with Crippen molar-refractivity contribution in [3.05, 3.63) is 20.8 Å². The van der Waals surface area contributed by atoms with E-state index in [1.165, 1.54) is 11.3 Å². The zero-order valence-electron chi connectivity index (χ0n) is 9.67. The lowest BCUT2D eigenvalue weighted by Crippen LogP contribution is -2.50. The number of carbonyl (C=O) groups is 1. The van der Waals surface area contributed by atoms with E-state index < -0.39 is 0 Å². The summed E-state index contributed by atoms with van der Waals surface area (Å²) in [6.45, 7) is 0.646. The molecule has 2 heterocycles. The number of amides is 1. The third-order valence-corrected chi connectivity index (χ3v) is 4.54. The van der Waals surface area contributed by atoms with Crippen LogP contribution in [0.5, 0.6) is 0 Å². The van der Waals surface area contributed by atoms with Gasteiger partial charge in [-0.1, -0.05) is 5.16 Å². The summed E-state index contributed by atoms with van der Waals surface area (Å²) in [7, 11) is 0. The number of carbonyl (C=O) groups excluding carboxylic acids is 1. The van der Waals surface area contributed by atoms with Gasteiger partial charge in [0, 0.05) is 11.9 Å². The molecule has 18 heavy (non-hydrogen) atoms. The molecule has 1 aliphatic heterocycles. The van der Waals surface area contributed by atoms with Crippen molar-refractivity contribution in [2.24, 2.45) is 10.9 Å². The smallest absolute Gasteiger partial charge is 0.255 e. The minimum absolute atomic E-state index is 0.0618. The normalized spacial score (nSPS) is 21.1. The number of hydrogen-bond donors (Lipinski definition) is 2. The maximum absolute atomic E-state index is 12.4. The van der Waals surface area contributed by atoms with Gasteiger partial charge in [-0.05, 0) is 41.3 Å². The summed E-state index contributed by atoms with van der Waals surface area (Å²) in [6, 6.07) is 1.50. The fraction of sp³-hybridized carbons (Fsp3) is 0.455. The molecule has 0 saturated carbocycles. The summed E-state index contributed by atoms with van der Waals surface area (Å²) in [5.74, 6) is 0.0468. The Kier molecular flexibility index (Phi) is 4.23. The van der Waals surface area contributed by atoms with Crippen LogP contribution in [0.1, 0.15) is 29.6 Å². The maximum Gasteiger partial charge on any atom is 0.255 e. The Morgan fingerprint density at radius 2 is 2.39 bits per heavy atom. The van der Waals surface area contributed by atoms with Crippen molar-refractivity contribution in [2.75, 3.05) is 6.54 Å². The van der Waals surface area contributed by atoms with Gasteiger partial charge in [-0.15, -0.1) is 11.3 Å². The van der Waals surface area contributed by atoms with E-state index in [1.807, 2.05) is 5.38 Å². The Morgan fingerprint density at radius 3 is 3.00 bits per heavy atom. The van der Waals surface area contributed by atoms with Gasteiger partial charge >= 0.3 is 0 Å².